The summed E-state index contributed by atoms with van der Waals surface area (Å²) in [5.41, 5.74) is 0.547. The normalized spacial score (nSPS) is 26.5. The molecule has 2 aliphatic heterocycles. The van der Waals surface area contributed by atoms with E-state index in [1.165, 1.54) is 0 Å². The Balaban J connectivity index is 2.21. The number of Topliss-reactive ketones (excluding diaryl/α,β-unsaturated/α-hetero) is 1. The van der Waals surface area contributed by atoms with Crippen molar-refractivity contribution in [2.24, 2.45) is 0 Å². The first-order chi connectivity index (χ1) is 7.95. The maximum atomic E-state index is 12.1. The van der Waals surface area contributed by atoms with Crippen molar-refractivity contribution < 1.29 is 9.59 Å². The average Bonchev–Trinajstić information content (AvgIpc) is 2.86. The smallest absolute Gasteiger partial charge is 0.220 e. The summed E-state index contributed by atoms with van der Waals surface area (Å²) in [5.74, 6) is 2.24. The molecule has 0 bridgehead atoms. The molecule has 0 radical (unpaired) electrons. The Bertz CT molecular complexity index is 375. The van der Waals surface area contributed by atoms with E-state index < -0.39 is 0 Å². The molecule has 0 aliphatic carbocycles. The largest absolute Gasteiger partial charge is 0.330 e. The van der Waals surface area contributed by atoms with Gasteiger partial charge in [0.25, 0.3) is 0 Å². The third-order valence-corrected chi connectivity index (χ3v) is 6.66. The van der Waals surface area contributed by atoms with Crippen LogP contribution in [0.1, 0.15) is 20.3 Å². The minimum Gasteiger partial charge on any atom is -0.330 e. The maximum absolute atomic E-state index is 12.1. The lowest BCUT2D eigenvalue weighted by molar-refractivity contribution is -0.134. The van der Waals surface area contributed by atoms with E-state index in [9.17, 15) is 9.59 Å². The molecule has 1 spiro atoms. The lowest BCUT2D eigenvalue weighted by Crippen LogP contribution is -2.39. The van der Waals surface area contributed by atoms with Gasteiger partial charge in [-0.05, 0) is 12.5 Å². The van der Waals surface area contributed by atoms with Crippen molar-refractivity contribution in [1.82, 2.24) is 4.90 Å². The van der Waals surface area contributed by atoms with Crippen LogP contribution in [0, 0.1) is 0 Å². The number of thioether (sulfide) groups is 2. The van der Waals surface area contributed by atoms with Gasteiger partial charge < -0.3 is 4.90 Å². The third-order valence-electron chi connectivity index (χ3n) is 3.23. The summed E-state index contributed by atoms with van der Waals surface area (Å²) in [5, 5.41) is 0. The number of nitrogens with zero attached hydrogens (tertiary/aromatic N) is 1. The minimum absolute atomic E-state index is 0.00502. The quantitative estimate of drug-likeness (QED) is 0.719. The zero-order chi connectivity index (χ0) is 12.6. The Morgan fingerprint density at radius 3 is 2.35 bits per heavy atom. The molecule has 1 atom stereocenters. The summed E-state index contributed by atoms with van der Waals surface area (Å²) in [4.78, 5) is 25.5. The van der Waals surface area contributed by atoms with Gasteiger partial charge in [-0.2, -0.15) is 0 Å². The van der Waals surface area contributed by atoms with Crippen LogP contribution in [-0.4, -0.2) is 44.8 Å². The highest BCUT2D eigenvalue weighted by molar-refractivity contribution is 8.21. The molecule has 0 N–H and O–H groups in total. The molecule has 5 heteroatoms. The van der Waals surface area contributed by atoms with Crippen molar-refractivity contribution in [3.8, 4) is 0 Å². The fraction of sp³-hybridized carbons (Fsp3) is 0.667. The van der Waals surface area contributed by atoms with Crippen LogP contribution in [0.4, 0.5) is 0 Å². The lowest BCUT2D eigenvalue weighted by Gasteiger charge is -2.22. The predicted octanol–water partition coefficient (Wildman–Crippen LogP) is 1.93. The molecule has 2 rings (SSSR count). The van der Waals surface area contributed by atoms with Gasteiger partial charge in [-0.25, -0.2) is 0 Å². The van der Waals surface area contributed by atoms with Gasteiger partial charge in [0, 0.05) is 31.4 Å². The van der Waals surface area contributed by atoms with Crippen molar-refractivity contribution >= 4 is 35.2 Å². The van der Waals surface area contributed by atoms with Gasteiger partial charge in [-0.15, -0.1) is 23.5 Å². The van der Waals surface area contributed by atoms with Crippen LogP contribution >= 0.6 is 23.5 Å². The minimum atomic E-state index is -0.289. The van der Waals surface area contributed by atoms with Crippen LogP contribution in [0.2, 0.25) is 0 Å². The summed E-state index contributed by atoms with van der Waals surface area (Å²) >= 11 is 3.79. The molecule has 0 aromatic heterocycles. The van der Waals surface area contributed by atoms with Crippen molar-refractivity contribution in [3.05, 3.63) is 12.2 Å². The van der Waals surface area contributed by atoms with Crippen molar-refractivity contribution in [2.45, 2.75) is 30.4 Å². The second-order valence-corrected chi connectivity index (χ2v) is 7.83. The van der Waals surface area contributed by atoms with Crippen LogP contribution in [0.3, 0.4) is 0 Å². The first kappa shape index (κ1) is 13.0. The Hall–Kier alpha value is -0.420. The van der Waals surface area contributed by atoms with Crippen LogP contribution < -0.4 is 0 Å². The monoisotopic (exact) mass is 271 g/mol. The third kappa shape index (κ3) is 2.40. The fourth-order valence-corrected chi connectivity index (χ4v) is 5.65. The Labute approximate surface area is 110 Å². The first-order valence-electron chi connectivity index (χ1n) is 5.70. The highest BCUT2D eigenvalue weighted by Crippen LogP contribution is 2.52. The van der Waals surface area contributed by atoms with E-state index in [1.807, 2.05) is 23.5 Å². The van der Waals surface area contributed by atoms with E-state index >= 15 is 0 Å². The van der Waals surface area contributed by atoms with Crippen LogP contribution in [-0.2, 0) is 9.59 Å². The van der Waals surface area contributed by atoms with Crippen LogP contribution in [0.5, 0.6) is 0 Å². The molecule has 94 valence electrons. The summed E-state index contributed by atoms with van der Waals surface area (Å²) < 4.78 is 0.0570. The fourth-order valence-electron chi connectivity index (χ4n) is 2.39. The molecule has 2 heterocycles. The molecule has 1 amide bonds. The molecule has 2 saturated heterocycles. The Kier molecular flexibility index (Phi) is 3.59. The molecule has 0 aromatic carbocycles. The molecule has 3 nitrogen and oxygen atoms in total. The van der Waals surface area contributed by atoms with Crippen molar-refractivity contribution in [1.29, 1.82) is 0 Å². The zero-order valence-corrected chi connectivity index (χ0v) is 11.8. The molecule has 0 unspecified atom stereocenters. The van der Waals surface area contributed by atoms with Gasteiger partial charge in [-0.1, -0.05) is 6.58 Å². The lowest BCUT2D eigenvalue weighted by atomic mass is 10.0. The number of carbonyl (C=O) groups excluding carboxylic acids is 2. The summed E-state index contributed by atoms with van der Waals surface area (Å²) in [6, 6.07) is -0.289. The van der Waals surface area contributed by atoms with E-state index in [2.05, 4.69) is 6.58 Å². The SMILES string of the molecule is C=C(C)C(=O)[C@@H]1CC2(CN1C(C)=O)SCCS2. The van der Waals surface area contributed by atoms with E-state index in [-0.39, 0.29) is 21.8 Å². The van der Waals surface area contributed by atoms with Gasteiger partial charge >= 0.3 is 0 Å². The van der Waals surface area contributed by atoms with Crippen LogP contribution in [0.25, 0.3) is 0 Å². The maximum Gasteiger partial charge on any atom is 0.220 e. The summed E-state index contributed by atoms with van der Waals surface area (Å²) in [7, 11) is 0. The molecule has 17 heavy (non-hydrogen) atoms. The second-order valence-electron chi connectivity index (χ2n) is 4.62. The topological polar surface area (TPSA) is 37.4 Å². The van der Waals surface area contributed by atoms with Gasteiger partial charge in [0.2, 0.25) is 5.91 Å². The molecule has 2 aliphatic rings. The van der Waals surface area contributed by atoms with E-state index in [1.54, 1.807) is 18.7 Å². The van der Waals surface area contributed by atoms with Gasteiger partial charge in [0.1, 0.15) is 0 Å². The van der Waals surface area contributed by atoms with Crippen molar-refractivity contribution in [2.75, 3.05) is 18.1 Å². The van der Waals surface area contributed by atoms with E-state index in [0.29, 0.717) is 12.1 Å². The predicted molar refractivity (Wildman–Crippen MR) is 73.3 cm³/mol. The summed E-state index contributed by atoms with van der Waals surface area (Å²) in [6.07, 6.45) is 0.771. The Morgan fingerprint density at radius 1 is 1.29 bits per heavy atom. The molecular weight excluding hydrogens is 254 g/mol. The van der Waals surface area contributed by atoms with Gasteiger partial charge in [0.15, 0.2) is 5.78 Å². The number of hydrogen-bond donors (Lipinski definition) is 0. The number of ketones is 1. The molecule has 0 aromatic rings. The number of hydrogen-bond acceptors (Lipinski definition) is 4. The number of rotatable bonds is 2. The Morgan fingerprint density at radius 2 is 1.88 bits per heavy atom. The zero-order valence-electron chi connectivity index (χ0n) is 10.2. The van der Waals surface area contributed by atoms with Gasteiger partial charge in [-0.3, -0.25) is 9.59 Å². The number of amides is 1. The average molecular weight is 271 g/mol. The number of likely N-dealkylation sites (tertiary alicyclic amines) is 1. The first-order valence-corrected chi connectivity index (χ1v) is 7.67. The molecular formula is C12H17NO2S2. The molecule has 0 saturated carbocycles. The van der Waals surface area contributed by atoms with Gasteiger partial charge in [0.05, 0.1) is 10.1 Å². The van der Waals surface area contributed by atoms with E-state index in [4.69, 9.17) is 0 Å². The van der Waals surface area contributed by atoms with Crippen molar-refractivity contribution in [3.63, 3.8) is 0 Å². The summed E-state index contributed by atoms with van der Waals surface area (Å²) in [6.45, 7) is 7.67. The standard InChI is InChI=1S/C12H17NO2S2/c1-8(2)11(15)10-6-12(16-4-5-17-12)7-13(10)9(3)14/h10H,1,4-7H2,2-3H3/t10-/m0/s1. The highest BCUT2D eigenvalue weighted by Gasteiger charge is 2.50. The molecule has 2 fully saturated rings. The highest BCUT2D eigenvalue weighted by atomic mass is 32.2. The number of carbonyl (C=O) groups is 2. The van der Waals surface area contributed by atoms with Crippen LogP contribution in [0.15, 0.2) is 12.2 Å². The second kappa shape index (κ2) is 4.69. The van der Waals surface area contributed by atoms with E-state index in [0.717, 1.165) is 17.9 Å².